The van der Waals surface area contributed by atoms with Gasteiger partial charge in [0.25, 0.3) is 5.91 Å². The van der Waals surface area contributed by atoms with Crippen molar-refractivity contribution in [3.05, 3.63) is 22.6 Å². The number of furan rings is 1. The second-order valence-electron chi connectivity index (χ2n) is 5.03. The SMILES string of the molecule is CCCNC(=O)CN1CCN(C(=O)c2ccoc2Br)CC1. The van der Waals surface area contributed by atoms with E-state index in [9.17, 15) is 9.59 Å². The van der Waals surface area contributed by atoms with Crippen LogP contribution in [-0.4, -0.2) is 60.9 Å². The van der Waals surface area contributed by atoms with Crippen LogP contribution in [0, 0.1) is 0 Å². The van der Waals surface area contributed by atoms with Crippen molar-refractivity contribution in [2.75, 3.05) is 39.3 Å². The Hall–Kier alpha value is -1.34. The summed E-state index contributed by atoms with van der Waals surface area (Å²) >= 11 is 3.22. The van der Waals surface area contributed by atoms with Gasteiger partial charge in [-0.3, -0.25) is 14.5 Å². The van der Waals surface area contributed by atoms with Crippen LogP contribution in [0.1, 0.15) is 23.7 Å². The van der Waals surface area contributed by atoms with Gasteiger partial charge in [0.15, 0.2) is 4.67 Å². The zero-order valence-corrected chi connectivity index (χ0v) is 13.7. The van der Waals surface area contributed by atoms with Crippen molar-refractivity contribution >= 4 is 27.7 Å². The number of hydrogen-bond donors (Lipinski definition) is 1. The molecule has 0 aliphatic carbocycles. The molecule has 0 aromatic carbocycles. The second kappa shape index (κ2) is 7.61. The predicted octanol–water partition coefficient (Wildman–Crippen LogP) is 1.33. The van der Waals surface area contributed by atoms with E-state index in [0.717, 1.165) is 6.42 Å². The normalized spacial score (nSPS) is 16.0. The van der Waals surface area contributed by atoms with E-state index in [4.69, 9.17) is 4.42 Å². The fourth-order valence-corrected chi connectivity index (χ4v) is 2.66. The van der Waals surface area contributed by atoms with Gasteiger partial charge in [0.2, 0.25) is 5.91 Å². The first-order valence-corrected chi connectivity index (χ1v) is 7.92. The van der Waals surface area contributed by atoms with Crippen molar-refractivity contribution in [3.8, 4) is 0 Å². The van der Waals surface area contributed by atoms with Crippen LogP contribution in [0.3, 0.4) is 0 Å². The van der Waals surface area contributed by atoms with E-state index in [1.165, 1.54) is 6.26 Å². The summed E-state index contributed by atoms with van der Waals surface area (Å²) in [5.41, 5.74) is 0.545. The molecule has 1 N–H and O–H groups in total. The summed E-state index contributed by atoms with van der Waals surface area (Å²) in [5.74, 6) is 0.0138. The lowest BCUT2D eigenvalue weighted by atomic mass is 10.2. The number of halogens is 1. The van der Waals surface area contributed by atoms with Crippen LogP contribution in [0.4, 0.5) is 0 Å². The highest BCUT2D eigenvalue weighted by Gasteiger charge is 2.25. The summed E-state index contributed by atoms with van der Waals surface area (Å²) in [5, 5.41) is 2.86. The van der Waals surface area contributed by atoms with Crippen LogP contribution in [0.25, 0.3) is 0 Å². The average Bonchev–Trinajstić information content (AvgIpc) is 2.91. The third kappa shape index (κ3) is 4.31. The Morgan fingerprint density at radius 3 is 2.62 bits per heavy atom. The average molecular weight is 358 g/mol. The van der Waals surface area contributed by atoms with Crippen molar-refractivity contribution in [2.45, 2.75) is 13.3 Å². The molecule has 0 atom stereocenters. The fourth-order valence-electron chi connectivity index (χ4n) is 2.25. The molecular weight excluding hydrogens is 338 g/mol. The van der Waals surface area contributed by atoms with E-state index in [-0.39, 0.29) is 11.8 Å². The maximum absolute atomic E-state index is 12.3. The highest BCUT2D eigenvalue weighted by Crippen LogP contribution is 2.20. The monoisotopic (exact) mass is 357 g/mol. The molecule has 0 spiro atoms. The molecule has 1 aliphatic rings. The number of carbonyl (C=O) groups excluding carboxylic acids is 2. The molecule has 21 heavy (non-hydrogen) atoms. The van der Waals surface area contributed by atoms with E-state index in [0.29, 0.717) is 49.5 Å². The molecule has 0 bridgehead atoms. The molecule has 7 heteroatoms. The standard InChI is InChI=1S/C14H20BrN3O3/c1-2-4-16-12(19)10-17-5-7-18(8-6-17)14(20)11-3-9-21-13(11)15/h3,9H,2,4-8,10H2,1H3,(H,16,19). The molecule has 0 radical (unpaired) electrons. The van der Waals surface area contributed by atoms with Gasteiger partial charge in [0, 0.05) is 32.7 Å². The van der Waals surface area contributed by atoms with E-state index in [1.54, 1.807) is 11.0 Å². The molecule has 1 fully saturated rings. The van der Waals surface area contributed by atoms with Gasteiger partial charge in [0.05, 0.1) is 18.4 Å². The molecule has 2 heterocycles. The molecule has 1 saturated heterocycles. The van der Waals surface area contributed by atoms with E-state index in [1.807, 2.05) is 6.92 Å². The number of nitrogens with one attached hydrogen (secondary N) is 1. The van der Waals surface area contributed by atoms with Gasteiger partial charge in [-0.05, 0) is 28.4 Å². The minimum atomic E-state index is -0.0364. The van der Waals surface area contributed by atoms with Crippen molar-refractivity contribution in [2.24, 2.45) is 0 Å². The van der Waals surface area contributed by atoms with Crippen LogP contribution in [0.15, 0.2) is 21.4 Å². The first-order valence-electron chi connectivity index (χ1n) is 7.13. The topological polar surface area (TPSA) is 65.8 Å². The molecule has 0 unspecified atom stereocenters. The van der Waals surface area contributed by atoms with E-state index < -0.39 is 0 Å². The molecule has 2 rings (SSSR count). The molecule has 0 saturated carbocycles. The smallest absolute Gasteiger partial charge is 0.258 e. The largest absolute Gasteiger partial charge is 0.457 e. The van der Waals surface area contributed by atoms with Gasteiger partial charge in [0.1, 0.15) is 0 Å². The number of rotatable bonds is 5. The molecule has 1 aliphatic heterocycles. The van der Waals surface area contributed by atoms with Gasteiger partial charge in [-0.1, -0.05) is 6.92 Å². The molecule has 2 amide bonds. The minimum absolute atomic E-state index is 0.0364. The quantitative estimate of drug-likeness (QED) is 0.863. The highest BCUT2D eigenvalue weighted by molar-refractivity contribution is 9.10. The number of nitrogens with zero attached hydrogens (tertiary/aromatic N) is 2. The summed E-state index contributed by atoms with van der Waals surface area (Å²) in [7, 11) is 0. The number of hydrogen-bond acceptors (Lipinski definition) is 4. The molecule has 116 valence electrons. The van der Waals surface area contributed by atoms with E-state index in [2.05, 4.69) is 26.1 Å². The Bertz CT molecular complexity index is 495. The molecule has 1 aromatic heterocycles. The van der Waals surface area contributed by atoms with Crippen LogP contribution < -0.4 is 5.32 Å². The Morgan fingerprint density at radius 2 is 2.05 bits per heavy atom. The van der Waals surface area contributed by atoms with Gasteiger partial charge in [-0.15, -0.1) is 0 Å². The Balaban J connectivity index is 1.79. The minimum Gasteiger partial charge on any atom is -0.457 e. The van der Waals surface area contributed by atoms with Gasteiger partial charge >= 0.3 is 0 Å². The van der Waals surface area contributed by atoms with Crippen molar-refractivity contribution in [1.29, 1.82) is 0 Å². The van der Waals surface area contributed by atoms with Crippen molar-refractivity contribution in [1.82, 2.24) is 15.1 Å². The molecular formula is C14H20BrN3O3. The summed E-state index contributed by atoms with van der Waals surface area (Å²) in [4.78, 5) is 27.8. The zero-order chi connectivity index (χ0) is 15.2. The van der Waals surface area contributed by atoms with Gasteiger partial charge in [-0.25, -0.2) is 0 Å². The second-order valence-corrected chi connectivity index (χ2v) is 5.75. The van der Waals surface area contributed by atoms with Crippen LogP contribution >= 0.6 is 15.9 Å². The third-order valence-corrected chi connectivity index (χ3v) is 4.06. The summed E-state index contributed by atoms with van der Waals surface area (Å²) in [6.07, 6.45) is 2.43. The number of piperazine rings is 1. The lowest BCUT2D eigenvalue weighted by molar-refractivity contribution is -0.122. The lowest BCUT2D eigenvalue weighted by Gasteiger charge is -2.34. The summed E-state index contributed by atoms with van der Waals surface area (Å²) in [6, 6.07) is 1.66. The fraction of sp³-hybridized carbons (Fsp3) is 0.571. The highest BCUT2D eigenvalue weighted by atomic mass is 79.9. The first-order chi connectivity index (χ1) is 10.1. The van der Waals surface area contributed by atoms with E-state index >= 15 is 0 Å². The maximum Gasteiger partial charge on any atom is 0.258 e. The molecule has 1 aromatic rings. The summed E-state index contributed by atoms with van der Waals surface area (Å²) in [6.45, 7) is 5.80. The Morgan fingerprint density at radius 1 is 1.33 bits per heavy atom. The van der Waals surface area contributed by atoms with Crippen LogP contribution in [0.2, 0.25) is 0 Å². The number of carbonyl (C=O) groups is 2. The number of amides is 2. The summed E-state index contributed by atoms with van der Waals surface area (Å²) < 4.78 is 5.56. The molecule has 6 nitrogen and oxygen atoms in total. The lowest BCUT2D eigenvalue weighted by Crippen LogP contribution is -2.51. The van der Waals surface area contributed by atoms with Crippen molar-refractivity contribution < 1.29 is 14.0 Å². The Labute approximate surface area is 132 Å². The third-order valence-electron chi connectivity index (χ3n) is 3.45. The van der Waals surface area contributed by atoms with Crippen molar-refractivity contribution in [3.63, 3.8) is 0 Å². The zero-order valence-electron chi connectivity index (χ0n) is 12.1. The van der Waals surface area contributed by atoms with Crippen LogP contribution in [0.5, 0.6) is 0 Å². The maximum atomic E-state index is 12.3. The Kier molecular flexibility index (Phi) is 5.81. The predicted molar refractivity (Wildman–Crippen MR) is 82.1 cm³/mol. The van der Waals surface area contributed by atoms with Crippen LogP contribution in [-0.2, 0) is 4.79 Å². The van der Waals surface area contributed by atoms with Gasteiger partial charge in [-0.2, -0.15) is 0 Å². The first kappa shape index (κ1) is 16.0. The van der Waals surface area contributed by atoms with Gasteiger partial charge < -0.3 is 14.6 Å².